The summed E-state index contributed by atoms with van der Waals surface area (Å²) in [7, 11) is 1.36. The van der Waals surface area contributed by atoms with Gasteiger partial charge in [-0.3, -0.25) is 14.5 Å². The number of amides is 2. The molecule has 0 aliphatic carbocycles. The van der Waals surface area contributed by atoms with Gasteiger partial charge < -0.3 is 4.98 Å². The highest BCUT2D eigenvalue weighted by Gasteiger charge is 2.36. The van der Waals surface area contributed by atoms with Gasteiger partial charge in [0.05, 0.1) is 5.57 Å². The fraction of sp³-hybridized carbons (Fsp3) is 0.0769. The highest BCUT2D eigenvalue weighted by atomic mass is 16.2. The molecule has 0 bridgehead atoms. The molecule has 0 saturated carbocycles. The Bertz CT molecular complexity index is 826. The van der Waals surface area contributed by atoms with Crippen LogP contribution in [-0.4, -0.2) is 28.7 Å². The van der Waals surface area contributed by atoms with Crippen LogP contribution in [0.15, 0.2) is 41.3 Å². The molecule has 1 aliphatic heterocycles. The maximum atomic E-state index is 12.2. The number of hydrogen-bond acceptors (Lipinski definition) is 3. The van der Waals surface area contributed by atoms with Crippen molar-refractivity contribution in [2.75, 3.05) is 7.05 Å². The van der Waals surface area contributed by atoms with Crippen LogP contribution in [0.5, 0.6) is 0 Å². The van der Waals surface area contributed by atoms with E-state index in [4.69, 9.17) is 5.53 Å². The summed E-state index contributed by atoms with van der Waals surface area (Å²) in [5.74, 6) is -1.06. The Morgan fingerprint density at radius 2 is 2.00 bits per heavy atom. The Labute approximate surface area is 113 Å². The van der Waals surface area contributed by atoms with Crippen LogP contribution in [0.25, 0.3) is 26.9 Å². The van der Waals surface area contributed by atoms with E-state index in [1.54, 1.807) is 6.20 Å². The Morgan fingerprint density at radius 1 is 1.25 bits per heavy atom. The maximum Gasteiger partial charge on any atom is 0.263 e. The predicted octanol–water partition coefficient (Wildman–Crippen LogP) is 2.19. The zero-order chi connectivity index (χ0) is 14.3. The fourth-order valence-corrected chi connectivity index (χ4v) is 2.29. The third kappa shape index (κ3) is 1.51. The van der Waals surface area contributed by atoms with E-state index in [2.05, 4.69) is 15.0 Å². The average Bonchev–Trinajstić information content (AvgIpc) is 2.96. The second-order valence-corrected chi connectivity index (χ2v) is 4.33. The van der Waals surface area contributed by atoms with Gasteiger partial charge in [-0.25, -0.2) is 0 Å². The molecule has 1 aromatic carbocycles. The van der Waals surface area contributed by atoms with Crippen LogP contribution in [0, 0.1) is 0 Å². The van der Waals surface area contributed by atoms with Crippen LogP contribution in [0.2, 0.25) is 0 Å². The standard InChI is InChI=1S/C13H9N5O2/c1-18-12(19)10(11(13(18)20)16-17-14)8-6-15-9-5-3-2-4-7(8)9/h2-6,15H,1H3. The number of aromatic amines is 1. The van der Waals surface area contributed by atoms with Gasteiger partial charge in [0.1, 0.15) is 5.70 Å². The molecule has 0 spiro atoms. The molecule has 7 nitrogen and oxygen atoms in total. The zero-order valence-electron chi connectivity index (χ0n) is 10.5. The van der Waals surface area contributed by atoms with E-state index in [1.165, 1.54) is 7.05 Å². The molecule has 0 fully saturated rings. The first kappa shape index (κ1) is 12.0. The summed E-state index contributed by atoms with van der Waals surface area (Å²) in [4.78, 5) is 30.7. The van der Waals surface area contributed by atoms with Crippen molar-refractivity contribution in [1.82, 2.24) is 9.88 Å². The minimum absolute atomic E-state index is 0.132. The molecule has 7 heteroatoms. The highest BCUT2D eigenvalue weighted by Crippen LogP contribution is 2.33. The number of nitrogens with zero attached hydrogens (tertiary/aromatic N) is 4. The minimum Gasteiger partial charge on any atom is -0.361 e. The summed E-state index contributed by atoms with van der Waals surface area (Å²) in [6.45, 7) is 0. The molecule has 20 heavy (non-hydrogen) atoms. The molecule has 0 atom stereocenters. The fourth-order valence-electron chi connectivity index (χ4n) is 2.29. The number of rotatable bonds is 2. The van der Waals surface area contributed by atoms with E-state index in [0.717, 1.165) is 15.8 Å². The number of hydrogen-bond donors (Lipinski definition) is 1. The summed E-state index contributed by atoms with van der Waals surface area (Å²) in [6.07, 6.45) is 1.64. The molecule has 2 amide bonds. The molecule has 3 rings (SSSR count). The van der Waals surface area contributed by atoms with Gasteiger partial charge in [-0.15, -0.1) is 0 Å². The Kier molecular flexibility index (Phi) is 2.55. The number of nitrogens with one attached hydrogen (secondary N) is 1. The molecule has 0 unspecified atom stereocenters. The number of imide groups is 1. The number of H-pyrrole nitrogens is 1. The topological polar surface area (TPSA) is 102 Å². The van der Waals surface area contributed by atoms with E-state index in [1.807, 2.05) is 24.3 Å². The largest absolute Gasteiger partial charge is 0.361 e. The highest BCUT2D eigenvalue weighted by molar-refractivity contribution is 6.37. The maximum absolute atomic E-state index is 12.2. The second kappa shape index (κ2) is 4.25. The third-order valence-electron chi connectivity index (χ3n) is 3.27. The average molecular weight is 267 g/mol. The first-order valence-electron chi connectivity index (χ1n) is 5.83. The van der Waals surface area contributed by atoms with Gasteiger partial charge in [-0.1, -0.05) is 23.3 Å². The number of aromatic nitrogens is 1. The molecular weight excluding hydrogens is 258 g/mol. The van der Waals surface area contributed by atoms with E-state index in [9.17, 15) is 9.59 Å². The number of carbonyl (C=O) groups excluding carboxylic acids is 2. The van der Waals surface area contributed by atoms with Crippen molar-refractivity contribution in [2.24, 2.45) is 5.11 Å². The summed E-state index contributed by atoms with van der Waals surface area (Å²) in [5, 5.41) is 4.18. The molecule has 98 valence electrons. The van der Waals surface area contributed by atoms with Gasteiger partial charge in [-0.05, 0) is 11.6 Å². The summed E-state index contributed by atoms with van der Waals surface area (Å²) in [6, 6.07) is 7.38. The normalized spacial score (nSPS) is 15.2. The van der Waals surface area contributed by atoms with Crippen LogP contribution < -0.4 is 0 Å². The molecule has 0 radical (unpaired) electrons. The van der Waals surface area contributed by atoms with Crippen LogP contribution in [-0.2, 0) is 9.59 Å². The van der Waals surface area contributed by atoms with Gasteiger partial charge in [0.2, 0.25) is 0 Å². The lowest BCUT2D eigenvalue weighted by Gasteiger charge is -2.05. The van der Waals surface area contributed by atoms with Gasteiger partial charge >= 0.3 is 0 Å². The number of para-hydroxylation sites is 1. The van der Waals surface area contributed by atoms with Crippen molar-refractivity contribution in [3.8, 4) is 0 Å². The van der Waals surface area contributed by atoms with E-state index in [-0.39, 0.29) is 11.3 Å². The third-order valence-corrected chi connectivity index (χ3v) is 3.27. The number of benzene rings is 1. The van der Waals surface area contributed by atoms with Crippen LogP contribution >= 0.6 is 0 Å². The zero-order valence-corrected chi connectivity index (χ0v) is 10.5. The van der Waals surface area contributed by atoms with Crippen molar-refractivity contribution < 1.29 is 9.59 Å². The first-order valence-corrected chi connectivity index (χ1v) is 5.83. The monoisotopic (exact) mass is 267 g/mol. The van der Waals surface area contributed by atoms with Crippen molar-refractivity contribution in [3.63, 3.8) is 0 Å². The van der Waals surface area contributed by atoms with Crippen LogP contribution in [0.4, 0.5) is 0 Å². The molecule has 2 aromatic rings. The second-order valence-electron chi connectivity index (χ2n) is 4.33. The Balaban J connectivity index is 2.33. The summed E-state index contributed by atoms with van der Waals surface area (Å²) < 4.78 is 0. The first-order chi connectivity index (χ1) is 9.65. The predicted molar refractivity (Wildman–Crippen MR) is 72.1 cm³/mol. The molecule has 1 N–H and O–H groups in total. The number of likely N-dealkylation sites (N-methyl/N-ethyl adjacent to an activating group) is 1. The van der Waals surface area contributed by atoms with Crippen molar-refractivity contribution in [2.45, 2.75) is 0 Å². The molecule has 0 saturated heterocycles. The van der Waals surface area contributed by atoms with Crippen molar-refractivity contribution in [1.29, 1.82) is 0 Å². The summed E-state index contributed by atoms with van der Waals surface area (Å²) in [5.41, 5.74) is 9.95. The Morgan fingerprint density at radius 3 is 2.75 bits per heavy atom. The molecule has 2 heterocycles. The summed E-state index contributed by atoms with van der Waals surface area (Å²) >= 11 is 0. The lowest BCUT2D eigenvalue weighted by molar-refractivity contribution is -0.135. The van der Waals surface area contributed by atoms with Crippen molar-refractivity contribution >= 4 is 28.3 Å². The Hall–Kier alpha value is -3.05. The minimum atomic E-state index is -0.590. The van der Waals surface area contributed by atoms with Crippen LogP contribution in [0.3, 0.4) is 0 Å². The number of carbonyl (C=O) groups is 2. The van der Waals surface area contributed by atoms with E-state index >= 15 is 0 Å². The lowest BCUT2D eigenvalue weighted by atomic mass is 10.0. The number of fused-ring (bicyclic) bond motifs is 1. The van der Waals surface area contributed by atoms with E-state index < -0.39 is 11.8 Å². The van der Waals surface area contributed by atoms with Crippen molar-refractivity contribution in [3.05, 3.63) is 52.2 Å². The van der Waals surface area contributed by atoms with Gasteiger partial charge in [0, 0.05) is 34.6 Å². The lowest BCUT2D eigenvalue weighted by Crippen LogP contribution is -2.26. The van der Waals surface area contributed by atoms with Crippen LogP contribution in [0.1, 0.15) is 5.56 Å². The smallest absolute Gasteiger partial charge is 0.263 e. The number of azide groups is 1. The molecule has 1 aromatic heterocycles. The molecule has 1 aliphatic rings. The quantitative estimate of drug-likeness (QED) is 0.390. The van der Waals surface area contributed by atoms with Gasteiger partial charge in [0.25, 0.3) is 11.8 Å². The van der Waals surface area contributed by atoms with Gasteiger partial charge in [-0.2, -0.15) is 0 Å². The SMILES string of the molecule is CN1C(=O)C(N=[N+]=[N-])=C(c2c[nH]c3ccccc23)C1=O. The molecular formula is C13H9N5O2. The van der Waals surface area contributed by atoms with E-state index in [0.29, 0.717) is 5.56 Å². The van der Waals surface area contributed by atoms with Gasteiger partial charge in [0.15, 0.2) is 0 Å².